The highest BCUT2D eigenvalue weighted by Crippen LogP contribution is 2.25. The predicted octanol–water partition coefficient (Wildman–Crippen LogP) is 5.18. The number of benzene rings is 2. The van der Waals surface area contributed by atoms with Gasteiger partial charge in [-0.1, -0.05) is 41.4 Å². The first-order chi connectivity index (χ1) is 9.56. The average Bonchev–Trinajstić information content (AvgIpc) is 2.40. The van der Waals surface area contributed by atoms with Gasteiger partial charge in [0, 0.05) is 5.02 Å². The highest BCUT2D eigenvalue weighted by molar-refractivity contribution is 6.36. The predicted molar refractivity (Wildman–Crippen MR) is 86.2 cm³/mol. The molecule has 0 aliphatic rings. The standard InChI is InChI=1S/C16H17Cl2NO/c1-11-5-3-4-6-16(11)20-12(2)10-19-15-8-7-13(17)9-14(15)18/h3-9,12,19H,10H2,1-2H3/t12-/m0/s1. The summed E-state index contributed by atoms with van der Waals surface area (Å²) >= 11 is 12.0. The lowest BCUT2D eigenvalue weighted by Gasteiger charge is -2.18. The molecule has 0 heterocycles. The fourth-order valence-electron chi connectivity index (χ4n) is 1.83. The summed E-state index contributed by atoms with van der Waals surface area (Å²) in [5, 5.41) is 4.51. The fraction of sp³-hybridized carbons (Fsp3) is 0.250. The summed E-state index contributed by atoms with van der Waals surface area (Å²) in [5.74, 6) is 0.906. The van der Waals surface area contributed by atoms with Gasteiger partial charge in [-0.05, 0) is 43.7 Å². The van der Waals surface area contributed by atoms with Crippen LogP contribution >= 0.6 is 23.2 Å². The molecule has 0 spiro atoms. The minimum atomic E-state index is 0.0304. The Hall–Kier alpha value is -1.38. The van der Waals surface area contributed by atoms with Gasteiger partial charge < -0.3 is 10.1 Å². The monoisotopic (exact) mass is 309 g/mol. The third kappa shape index (κ3) is 4.06. The van der Waals surface area contributed by atoms with E-state index in [0.29, 0.717) is 16.6 Å². The van der Waals surface area contributed by atoms with Gasteiger partial charge in [0.2, 0.25) is 0 Å². The molecule has 2 aromatic carbocycles. The average molecular weight is 310 g/mol. The van der Waals surface area contributed by atoms with Crippen LogP contribution in [-0.4, -0.2) is 12.6 Å². The quantitative estimate of drug-likeness (QED) is 0.821. The van der Waals surface area contributed by atoms with Gasteiger partial charge in [-0.2, -0.15) is 0 Å². The summed E-state index contributed by atoms with van der Waals surface area (Å²) in [6.07, 6.45) is 0.0304. The van der Waals surface area contributed by atoms with Crippen LogP contribution in [0.15, 0.2) is 42.5 Å². The summed E-state index contributed by atoms with van der Waals surface area (Å²) in [5.41, 5.74) is 1.99. The SMILES string of the molecule is Cc1ccccc1O[C@@H](C)CNc1ccc(Cl)cc1Cl. The lowest BCUT2D eigenvalue weighted by molar-refractivity contribution is 0.233. The van der Waals surface area contributed by atoms with Crippen LogP contribution in [0.5, 0.6) is 5.75 Å². The molecular formula is C16H17Cl2NO. The highest BCUT2D eigenvalue weighted by atomic mass is 35.5. The Morgan fingerprint density at radius 2 is 1.90 bits per heavy atom. The maximum atomic E-state index is 6.11. The van der Waals surface area contributed by atoms with E-state index < -0.39 is 0 Å². The summed E-state index contributed by atoms with van der Waals surface area (Å²) < 4.78 is 5.90. The summed E-state index contributed by atoms with van der Waals surface area (Å²) in [4.78, 5) is 0. The molecule has 1 atom stereocenters. The van der Waals surface area contributed by atoms with Crippen molar-refractivity contribution in [1.29, 1.82) is 0 Å². The maximum Gasteiger partial charge on any atom is 0.122 e. The van der Waals surface area contributed by atoms with E-state index in [-0.39, 0.29) is 6.10 Å². The van der Waals surface area contributed by atoms with Crippen molar-refractivity contribution in [3.8, 4) is 5.75 Å². The van der Waals surface area contributed by atoms with Crippen LogP contribution in [0.1, 0.15) is 12.5 Å². The summed E-state index contributed by atoms with van der Waals surface area (Å²) in [6.45, 7) is 4.71. The Labute approximate surface area is 129 Å². The Bertz CT molecular complexity index is 586. The van der Waals surface area contributed by atoms with Crippen LogP contribution in [0.3, 0.4) is 0 Å². The van der Waals surface area contributed by atoms with Gasteiger partial charge in [0.15, 0.2) is 0 Å². The molecule has 1 N–H and O–H groups in total. The van der Waals surface area contributed by atoms with Crippen molar-refractivity contribution < 1.29 is 4.74 Å². The van der Waals surface area contributed by atoms with Crippen LogP contribution < -0.4 is 10.1 Å². The molecule has 0 fully saturated rings. The molecule has 0 saturated heterocycles. The molecule has 0 radical (unpaired) electrons. The molecule has 2 nitrogen and oxygen atoms in total. The Balaban J connectivity index is 1.92. The second kappa shape index (κ2) is 6.87. The number of hydrogen-bond donors (Lipinski definition) is 1. The molecule has 0 bridgehead atoms. The molecular weight excluding hydrogens is 293 g/mol. The second-order valence-corrected chi connectivity index (χ2v) is 5.54. The summed E-state index contributed by atoms with van der Waals surface area (Å²) in [6, 6.07) is 13.4. The van der Waals surface area contributed by atoms with Gasteiger partial charge in [0.1, 0.15) is 11.9 Å². The largest absolute Gasteiger partial charge is 0.489 e. The molecule has 2 aromatic rings. The second-order valence-electron chi connectivity index (χ2n) is 4.70. The number of halogens is 2. The molecule has 0 aliphatic carbocycles. The van der Waals surface area contributed by atoms with Crippen LogP contribution in [0.2, 0.25) is 10.0 Å². The third-order valence-corrected chi connectivity index (χ3v) is 3.48. The number of hydrogen-bond acceptors (Lipinski definition) is 2. The van der Waals surface area contributed by atoms with Gasteiger partial charge in [-0.15, -0.1) is 0 Å². The molecule has 0 aromatic heterocycles. The van der Waals surface area contributed by atoms with E-state index >= 15 is 0 Å². The molecule has 4 heteroatoms. The van der Waals surface area contributed by atoms with Crippen molar-refractivity contribution in [3.63, 3.8) is 0 Å². The zero-order chi connectivity index (χ0) is 14.5. The van der Waals surface area contributed by atoms with E-state index in [9.17, 15) is 0 Å². The Morgan fingerprint density at radius 1 is 1.15 bits per heavy atom. The van der Waals surface area contributed by atoms with Crippen LogP contribution in [0, 0.1) is 6.92 Å². The van der Waals surface area contributed by atoms with Crippen molar-refractivity contribution in [2.45, 2.75) is 20.0 Å². The number of aryl methyl sites for hydroxylation is 1. The number of ether oxygens (including phenoxy) is 1. The molecule has 0 aliphatic heterocycles. The fourth-order valence-corrected chi connectivity index (χ4v) is 2.31. The van der Waals surface area contributed by atoms with E-state index in [0.717, 1.165) is 17.0 Å². The molecule has 0 saturated carbocycles. The van der Waals surface area contributed by atoms with Gasteiger partial charge in [-0.25, -0.2) is 0 Å². The number of para-hydroxylation sites is 1. The summed E-state index contributed by atoms with van der Waals surface area (Å²) in [7, 11) is 0. The van der Waals surface area contributed by atoms with Crippen LogP contribution in [0.4, 0.5) is 5.69 Å². The number of anilines is 1. The first kappa shape index (κ1) is 15.0. The van der Waals surface area contributed by atoms with Crippen LogP contribution in [-0.2, 0) is 0 Å². The Morgan fingerprint density at radius 3 is 2.60 bits per heavy atom. The van der Waals surface area contributed by atoms with Crippen molar-refractivity contribution in [2.24, 2.45) is 0 Å². The van der Waals surface area contributed by atoms with Gasteiger partial charge >= 0.3 is 0 Å². The van der Waals surface area contributed by atoms with E-state index in [1.165, 1.54) is 0 Å². The normalized spacial score (nSPS) is 12.0. The van der Waals surface area contributed by atoms with Crippen molar-refractivity contribution >= 4 is 28.9 Å². The lowest BCUT2D eigenvalue weighted by Crippen LogP contribution is -2.23. The third-order valence-electron chi connectivity index (χ3n) is 2.93. The van der Waals surface area contributed by atoms with E-state index in [1.807, 2.05) is 50.2 Å². The maximum absolute atomic E-state index is 6.11. The molecule has 0 unspecified atom stereocenters. The topological polar surface area (TPSA) is 21.3 Å². The van der Waals surface area contributed by atoms with Crippen molar-refractivity contribution in [3.05, 3.63) is 58.1 Å². The molecule has 0 amide bonds. The first-order valence-corrected chi connectivity index (χ1v) is 7.23. The number of nitrogens with one attached hydrogen (secondary N) is 1. The lowest BCUT2D eigenvalue weighted by atomic mass is 10.2. The van der Waals surface area contributed by atoms with Crippen molar-refractivity contribution in [1.82, 2.24) is 0 Å². The smallest absolute Gasteiger partial charge is 0.122 e. The minimum absolute atomic E-state index is 0.0304. The molecule has 2 rings (SSSR count). The zero-order valence-electron chi connectivity index (χ0n) is 11.5. The van der Waals surface area contributed by atoms with Crippen molar-refractivity contribution in [2.75, 3.05) is 11.9 Å². The van der Waals surface area contributed by atoms with Gasteiger partial charge in [0.25, 0.3) is 0 Å². The van der Waals surface area contributed by atoms with Gasteiger partial charge in [-0.3, -0.25) is 0 Å². The molecule has 20 heavy (non-hydrogen) atoms. The molecule has 106 valence electrons. The van der Waals surface area contributed by atoms with Gasteiger partial charge in [0.05, 0.1) is 17.3 Å². The minimum Gasteiger partial charge on any atom is -0.489 e. The highest BCUT2D eigenvalue weighted by Gasteiger charge is 2.07. The van der Waals surface area contributed by atoms with E-state index in [4.69, 9.17) is 27.9 Å². The Kier molecular flexibility index (Phi) is 5.16. The van der Waals surface area contributed by atoms with E-state index in [1.54, 1.807) is 6.07 Å². The first-order valence-electron chi connectivity index (χ1n) is 6.47. The van der Waals surface area contributed by atoms with Crippen LogP contribution in [0.25, 0.3) is 0 Å². The zero-order valence-corrected chi connectivity index (χ0v) is 13.0. The van der Waals surface area contributed by atoms with E-state index in [2.05, 4.69) is 5.32 Å². The number of rotatable bonds is 5.